The zero-order chi connectivity index (χ0) is 65.7. The van der Waals surface area contributed by atoms with Crippen LogP contribution < -0.4 is 0 Å². The molecule has 19 heteroatoms. The Hall–Kier alpha value is -1.94. The highest BCUT2D eigenvalue weighted by Gasteiger charge is 2.30. The summed E-state index contributed by atoms with van der Waals surface area (Å²) in [6, 6.07) is 0. The minimum Gasteiger partial charge on any atom is -0.462 e. The van der Waals surface area contributed by atoms with Crippen LogP contribution in [0, 0.1) is 11.8 Å². The van der Waals surface area contributed by atoms with E-state index in [1.54, 1.807) is 0 Å². The van der Waals surface area contributed by atoms with Gasteiger partial charge in [0.15, 0.2) is 12.2 Å². The summed E-state index contributed by atoms with van der Waals surface area (Å²) >= 11 is 0. The molecule has 0 saturated heterocycles. The van der Waals surface area contributed by atoms with Gasteiger partial charge in [0.1, 0.15) is 19.3 Å². The monoisotopic (exact) mass is 1310 g/mol. The summed E-state index contributed by atoms with van der Waals surface area (Å²) in [5.74, 6) is -0.702. The van der Waals surface area contributed by atoms with Gasteiger partial charge in [-0.15, -0.1) is 0 Å². The molecule has 3 N–H and O–H groups in total. The highest BCUT2D eigenvalue weighted by Crippen LogP contribution is 2.45. The van der Waals surface area contributed by atoms with Crippen LogP contribution in [0.1, 0.15) is 356 Å². The summed E-state index contributed by atoms with van der Waals surface area (Å²) in [7, 11) is -9.90. The minimum absolute atomic E-state index is 0.106. The third-order valence-electron chi connectivity index (χ3n) is 16.2. The van der Waals surface area contributed by atoms with Gasteiger partial charge in [0.2, 0.25) is 0 Å². The van der Waals surface area contributed by atoms with E-state index in [9.17, 15) is 43.2 Å². The third-order valence-corrected chi connectivity index (χ3v) is 18.1. The molecule has 0 aliphatic rings. The van der Waals surface area contributed by atoms with Gasteiger partial charge < -0.3 is 33.8 Å². The molecule has 0 heterocycles. The third kappa shape index (κ3) is 64.6. The fraction of sp³-hybridized carbons (Fsp3) is 0.943. The number of carbonyl (C=O) groups excluding carboxylic acids is 4. The molecule has 17 nitrogen and oxygen atoms in total. The van der Waals surface area contributed by atoms with Crippen molar-refractivity contribution in [2.45, 2.75) is 374 Å². The van der Waals surface area contributed by atoms with Crippen molar-refractivity contribution < 1.29 is 80.2 Å². The molecule has 0 aliphatic carbocycles. The fourth-order valence-corrected chi connectivity index (χ4v) is 12.2. The van der Waals surface area contributed by atoms with Crippen molar-refractivity contribution in [3.05, 3.63) is 0 Å². The molecule has 0 bridgehead atoms. The molecule has 0 fully saturated rings. The molecule has 0 spiro atoms. The van der Waals surface area contributed by atoms with Crippen LogP contribution >= 0.6 is 15.6 Å². The Morgan fingerprint density at radius 1 is 0.303 bits per heavy atom. The maximum Gasteiger partial charge on any atom is 0.472 e. The SMILES string of the molecule is CCCCCCCCCCCCCCCCCCCC(=O)O[C@H](COC(=O)CCCCCCCCCCCC(C)C)COP(=O)(O)OC[C@@H](O)COP(=O)(O)OC[C@@H](COC(=O)CCCCCCCCC(C)C)OC(=O)CCCCCCCCCCCCC. The van der Waals surface area contributed by atoms with Crippen molar-refractivity contribution in [3.8, 4) is 0 Å². The summed E-state index contributed by atoms with van der Waals surface area (Å²) in [6.45, 7) is 9.45. The lowest BCUT2D eigenvalue weighted by molar-refractivity contribution is -0.161. The van der Waals surface area contributed by atoms with Crippen LogP contribution in [0.3, 0.4) is 0 Å². The molecule has 0 aromatic heterocycles. The first-order chi connectivity index (χ1) is 42.9. The Balaban J connectivity index is 5.22. The molecule has 5 atom stereocenters. The van der Waals surface area contributed by atoms with Crippen molar-refractivity contribution in [1.82, 2.24) is 0 Å². The van der Waals surface area contributed by atoms with Gasteiger partial charge >= 0.3 is 39.5 Å². The Kier molecular flexibility index (Phi) is 60.8. The van der Waals surface area contributed by atoms with Crippen molar-refractivity contribution >= 4 is 39.5 Å². The first kappa shape index (κ1) is 87.1. The molecule has 528 valence electrons. The first-order valence-corrected chi connectivity index (χ1v) is 39.5. The average molecular weight is 1310 g/mol. The number of hydrogen-bond acceptors (Lipinski definition) is 15. The van der Waals surface area contributed by atoms with Gasteiger partial charge in [0.05, 0.1) is 26.4 Å². The second-order valence-corrected chi connectivity index (χ2v) is 29.1. The average Bonchev–Trinajstić information content (AvgIpc) is 3.71. The number of aliphatic hydroxyl groups excluding tert-OH is 1. The van der Waals surface area contributed by atoms with Gasteiger partial charge in [-0.2, -0.15) is 0 Å². The highest BCUT2D eigenvalue weighted by molar-refractivity contribution is 7.47. The summed E-state index contributed by atoms with van der Waals surface area (Å²) < 4.78 is 68.2. The van der Waals surface area contributed by atoms with E-state index in [1.807, 2.05) is 0 Å². The van der Waals surface area contributed by atoms with Crippen LogP contribution in [0.5, 0.6) is 0 Å². The molecule has 0 aromatic rings. The fourth-order valence-electron chi connectivity index (χ4n) is 10.6. The largest absolute Gasteiger partial charge is 0.472 e. The van der Waals surface area contributed by atoms with Crippen molar-refractivity contribution in [3.63, 3.8) is 0 Å². The van der Waals surface area contributed by atoms with Gasteiger partial charge in [-0.25, -0.2) is 9.13 Å². The number of hydrogen-bond donors (Lipinski definition) is 3. The lowest BCUT2D eigenvalue weighted by Gasteiger charge is -2.21. The zero-order valence-corrected chi connectivity index (χ0v) is 59.5. The summed E-state index contributed by atoms with van der Waals surface area (Å²) in [6.07, 6.45) is 47.3. The minimum atomic E-state index is -4.95. The summed E-state index contributed by atoms with van der Waals surface area (Å²) in [5.41, 5.74) is 0. The number of carbonyl (C=O) groups is 4. The number of phosphoric acid groups is 2. The second-order valence-electron chi connectivity index (χ2n) is 26.2. The molecule has 0 saturated carbocycles. The van der Waals surface area contributed by atoms with Gasteiger partial charge in [-0.1, -0.05) is 305 Å². The van der Waals surface area contributed by atoms with Crippen LogP contribution in [-0.4, -0.2) is 96.7 Å². The quantitative estimate of drug-likeness (QED) is 0.0222. The Morgan fingerprint density at radius 2 is 0.517 bits per heavy atom. The number of aliphatic hydroxyl groups is 1. The van der Waals surface area contributed by atoms with Crippen molar-refractivity contribution in [1.29, 1.82) is 0 Å². The standard InChI is InChI=1S/C70H136O17P2/c1-7-9-11-13-15-17-19-20-21-22-23-24-26-30-35-43-49-55-70(75)86-65(58-80-67(72)52-46-40-33-31-27-28-32-38-44-50-62(3)4)60-84-88(76,77)82-56-64(71)57-83-89(78,79)85-61-66(59-81-68(73)53-47-41-37-36-39-45-51-63(5)6)87-69(74)54-48-42-34-29-25-18-16-14-12-10-8-2/h62-66,71H,7-61H2,1-6H3,(H,76,77)(H,78,79)/t64-,65-,66-/m1/s1. The Morgan fingerprint density at radius 3 is 0.764 bits per heavy atom. The molecule has 0 rings (SSSR count). The molecular formula is C70H136O17P2. The first-order valence-electron chi connectivity index (χ1n) is 36.5. The van der Waals surface area contributed by atoms with E-state index < -0.39 is 97.5 Å². The molecular weight excluding hydrogens is 1170 g/mol. The van der Waals surface area contributed by atoms with Crippen molar-refractivity contribution in [2.75, 3.05) is 39.6 Å². The van der Waals surface area contributed by atoms with Gasteiger partial charge in [-0.05, 0) is 37.5 Å². The van der Waals surface area contributed by atoms with E-state index in [2.05, 4.69) is 41.5 Å². The van der Waals surface area contributed by atoms with E-state index in [-0.39, 0.29) is 25.7 Å². The number of esters is 4. The predicted molar refractivity (Wildman–Crippen MR) is 358 cm³/mol. The number of phosphoric ester groups is 2. The lowest BCUT2D eigenvalue weighted by Crippen LogP contribution is -2.30. The van der Waals surface area contributed by atoms with Gasteiger partial charge in [0.25, 0.3) is 0 Å². The molecule has 2 unspecified atom stereocenters. The van der Waals surface area contributed by atoms with E-state index >= 15 is 0 Å². The van der Waals surface area contributed by atoms with Crippen molar-refractivity contribution in [2.24, 2.45) is 11.8 Å². The second kappa shape index (κ2) is 62.2. The Labute approximate surface area is 543 Å². The van der Waals surface area contributed by atoms with E-state index in [0.717, 1.165) is 102 Å². The smallest absolute Gasteiger partial charge is 0.462 e. The molecule has 0 radical (unpaired) electrons. The van der Waals surface area contributed by atoms with Gasteiger partial charge in [-0.3, -0.25) is 37.3 Å². The summed E-state index contributed by atoms with van der Waals surface area (Å²) in [4.78, 5) is 72.5. The van der Waals surface area contributed by atoms with E-state index in [0.29, 0.717) is 31.6 Å². The van der Waals surface area contributed by atoms with Gasteiger partial charge in [0, 0.05) is 25.7 Å². The zero-order valence-electron chi connectivity index (χ0n) is 57.7. The highest BCUT2D eigenvalue weighted by atomic mass is 31.2. The lowest BCUT2D eigenvalue weighted by atomic mass is 10.0. The maximum atomic E-state index is 13.0. The van der Waals surface area contributed by atoms with E-state index in [4.69, 9.17) is 37.0 Å². The molecule has 89 heavy (non-hydrogen) atoms. The molecule has 0 amide bonds. The van der Waals surface area contributed by atoms with Crippen LogP contribution in [-0.2, 0) is 65.4 Å². The maximum absolute atomic E-state index is 13.0. The Bertz CT molecular complexity index is 1730. The summed E-state index contributed by atoms with van der Waals surface area (Å²) in [5, 5.41) is 10.6. The normalized spacial score (nSPS) is 14.1. The topological polar surface area (TPSA) is 237 Å². The van der Waals surface area contributed by atoms with Crippen LogP contribution in [0.2, 0.25) is 0 Å². The van der Waals surface area contributed by atoms with Crippen LogP contribution in [0.25, 0.3) is 0 Å². The van der Waals surface area contributed by atoms with Crippen LogP contribution in [0.15, 0.2) is 0 Å². The number of ether oxygens (including phenoxy) is 4. The number of unbranched alkanes of at least 4 members (excludes halogenated alkanes) is 39. The predicted octanol–water partition coefficient (Wildman–Crippen LogP) is 20.0. The van der Waals surface area contributed by atoms with E-state index in [1.165, 1.54) is 167 Å². The molecule has 0 aliphatic heterocycles. The number of rotatable bonds is 69. The molecule has 0 aromatic carbocycles. The van der Waals surface area contributed by atoms with Crippen LogP contribution in [0.4, 0.5) is 0 Å².